The molecule has 2 aromatic rings. The summed E-state index contributed by atoms with van der Waals surface area (Å²) in [7, 11) is 0. The molecule has 1 aliphatic carbocycles. The fourth-order valence-electron chi connectivity index (χ4n) is 2.84. The highest BCUT2D eigenvalue weighted by atomic mass is 35.5. The number of nitrogens with zero attached hydrogens (tertiary/aromatic N) is 2. The van der Waals surface area contributed by atoms with Crippen molar-refractivity contribution in [2.24, 2.45) is 0 Å². The molecule has 1 aromatic heterocycles. The van der Waals surface area contributed by atoms with Gasteiger partial charge in [0, 0.05) is 17.5 Å². The summed E-state index contributed by atoms with van der Waals surface area (Å²) >= 11 is 7.24. The number of aromatic nitrogens is 3. The van der Waals surface area contributed by atoms with Gasteiger partial charge in [-0.05, 0) is 37.5 Å². The summed E-state index contributed by atoms with van der Waals surface area (Å²) in [6.45, 7) is 2.36. The lowest BCUT2D eigenvalue weighted by Crippen LogP contribution is -2.30. The summed E-state index contributed by atoms with van der Waals surface area (Å²) in [6, 6.07) is 7.45. The van der Waals surface area contributed by atoms with Crippen LogP contribution in [-0.2, 0) is 11.3 Å². The molecule has 0 bridgehead atoms. The number of nitrogens with one attached hydrogen (secondary N) is 2. The van der Waals surface area contributed by atoms with E-state index < -0.39 is 0 Å². The summed E-state index contributed by atoms with van der Waals surface area (Å²) < 4.78 is 0. The van der Waals surface area contributed by atoms with E-state index in [0.717, 1.165) is 11.4 Å². The average Bonchev–Trinajstić information content (AvgIpc) is 3.25. The molecule has 3 rings (SSSR count). The van der Waals surface area contributed by atoms with Crippen LogP contribution in [0.3, 0.4) is 0 Å². The second kappa shape index (κ2) is 8.03. The Morgan fingerprint density at radius 2 is 2.08 bits per heavy atom. The fourth-order valence-corrected chi connectivity index (χ4v) is 3.72. The van der Waals surface area contributed by atoms with Gasteiger partial charge in [-0.1, -0.05) is 48.3 Å². The lowest BCUT2D eigenvalue weighted by molar-refractivity contribution is -0.120. The van der Waals surface area contributed by atoms with Crippen LogP contribution in [0.5, 0.6) is 0 Å². The zero-order valence-corrected chi connectivity index (χ0v) is 15.2. The van der Waals surface area contributed by atoms with Crippen LogP contribution in [-0.4, -0.2) is 26.3 Å². The summed E-state index contributed by atoms with van der Waals surface area (Å²) in [6.07, 6.45) is 4.88. The topological polar surface area (TPSA) is 70.7 Å². The first kappa shape index (κ1) is 17.3. The number of hydrogen-bond donors (Lipinski definition) is 2. The lowest BCUT2D eigenvalue weighted by Gasteiger charge is -2.10. The van der Waals surface area contributed by atoms with Crippen LogP contribution in [0.2, 0.25) is 5.02 Å². The molecule has 0 unspecified atom stereocenters. The summed E-state index contributed by atoms with van der Waals surface area (Å²) in [4.78, 5) is 16.8. The number of H-pyrrole nitrogens is 1. The van der Waals surface area contributed by atoms with Crippen LogP contribution < -0.4 is 5.32 Å². The van der Waals surface area contributed by atoms with Crippen LogP contribution in [0.25, 0.3) is 0 Å². The third-order valence-corrected chi connectivity index (χ3v) is 5.47. The highest BCUT2D eigenvalue weighted by molar-refractivity contribution is 8.00. The monoisotopic (exact) mass is 364 g/mol. The second-order valence-corrected chi connectivity index (χ2v) is 7.83. The third kappa shape index (κ3) is 4.51. The first-order chi connectivity index (χ1) is 11.6. The molecule has 1 fully saturated rings. The van der Waals surface area contributed by atoms with E-state index in [1.54, 1.807) is 0 Å². The molecule has 5 nitrogen and oxygen atoms in total. The zero-order chi connectivity index (χ0) is 16.9. The van der Waals surface area contributed by atoms with Crippen molar-refractivity contribution < 1.29 is 4.79 Å². The van der Waals surface area contributed by atoms with Crippen LogP contribution >= 0.6 is 23.4 Å². The molecule has 0 saturated heterocycles. The van der Waals surface area contributed by atoms with E-state index in [1.165, 1.54) is 37.4 Å². The lowest BCUT2D eigenvalue weighted by atomic mass is 10.1. The molecule has 7 heteroatoms. The molecule has 0 spiro atoms. The van der Waals surface area contributed by atoms with E-state index in [4.69, 9.17) is 11.6 Å². The minimum absolute atomic E-state index is 0.0258. The van der Waals surface area contributed by atoms with Crippen molar-refractivity contribution >= 4 is 29.3 Å². The van der Waals surface area contributed by atoms with Crippen molar-refractivity contribution in [3.05, 3.63) is 40.7 Å². The molecule has 1 aromatic carbocycles. The highest BCUT2D eigenvalue weighted by Crippen LogP contribution is 2.33. The van der Waals surface area contributed by atoms with Gasteiger partial charge in [-0.3, -0.25) is 9.89 Å². The van der Waals surface area contributed by atoms with E-state index >= 15 is 0 Å². The molecular weight excluding hydrogens is 344 g/mol. The Morgan fingerprint density at radius 3 is 2.79 bits per heavy atom. The maximum Gasteiger partial charge on any atom is 0.233 e. The van der Waals surface area contributed by atoms with Gasteiger partial charge in [0.25, 0.3) is 0 Å². The van der Waals surface area contributed by atoms with Crippen molar-refractivity contribution in [1.29, 1.82) is 0 Å². The summed E-state index contributed by atoms with van der Waals surface area (Å²) in [5.74, 6) is 1.44. The van der Waals surface area contributed by atoms with Crippen molar-refractivity contribution in [2.75, 3.05) is 0 Å². The van der Waals surface area contributed by atoms with Gasteiger partial charge in [-0.2, -0.15) is 0 Å². The van der Waals surface area contributed by atoms with Gasteiger partial charge in [0.1, 0.15) is 5.82 Å². The molecule has 2 N–H and O–H groups in total. The van der Waals surface area contributed by atoms with Gasteiger partial charge in [-0.25, -0.2) is 4.98 Å². The Hall–Kier alpha value is -1.53. The van der Waals surface area contributed by atoms with Gasteiger partial charge in [0.15, 0.2) is 0 Å². The molecule has 1 saturated carbocycles. The van der Waals surface area contributed by atoms with Crippen molar-refractivity contribution in [3.63, 3.8) is 0 Å². The zero-order valence-electron chi connectivity index (χ0n) is 13.6. The standard InChI is InChI=1S/C17H21ClN4OS/c1-11(16(23)19-10-12-6-8-14(18)9-7-12)24-17-20-15(21-22-17)13-4-2-3-5-13/h6-9,11,13H,2-5,10H2,1H3,(H,19,23)(H,20,21,22)/t11-/m1/s1. The van der Waals surface area contributed by atoms with Gasteiger partial charge in [-0.15, -0.1) is 5.10 Å². The smallest absolute Gasteiger partial charge is 0.233 e. The number of thioether (sulfide) groups is 1. The van der Waals surface area contributed by atoms with Crippen molar-refractivity contribution in [1.82, 2.24) is 20.5 Å². The summed E-state index contributed by atoms with van der Waals surface area (Å²) in [5, 5.41) is 11.3. The molecule has 0 aliphatic heterocycles. The molecule has 1 aliphatic rings. The molecule has 1 atom stereocenters. The minimum atomic E-state index is -0.246. The van der Waals surface area contributed by atoms with Crippen LogP contribution in [0.4, 0.5) is 0 Å². The van der Waals surface area contributed by atoms with E-state index in [9.17, 15) is 4.79 Å². The van der Waals surface area contributed by atoms with Crippen molar-refractivity contribution in [3.8, 4) is 0 Å². The van der Waals surface area contributed by atoms with E-state index in [0.29, 0.717) is 22.6 Å². The van der Waals surface area contributed by atoms with Gasteiger partial charge >= 0.3 is 0 Å². The second-order valence-electron chi connectivity index (χ2n) is 6.09. The average molecular weight is 365 g/mol. The van der Waals surface area contributed by atoms with Crippen LogP contribution in [0, 0.1) is 0 Å². The number of rotatable bonds is 6. The highest BCUT2D eigenvalue weighted by Gasteiger charge is 2.22. The third-order valence-electron chi connectivity index (χ3n) is 4.26. The molecule has 0 radical (unpaired) electrons. The Bertz CT molecular complexity index is 682. The predicted molar refractivity (Wildman–Crippen MR) is 96.2 cm³/mol. The summed E-state index contributed by atoms with van der Waals surface area (Å²) in [5.41, 5.74) is 1.02. The van der Waals surface area contributed by atoms with Gasteiger partial charge in [0.2, 0.25) is 11.1 Å². The number of amides is 1. The minimum Gasteiger partial charge on any atom is -0.351 e. The molecule has 128 valence electrons. The van der Waals surface area contributed by atoms with Crippen molar-refractivity contribution in [2.45, 2.75) is 55.5 Å². The first-order valence-electron chi connectivity index (χ1n) is 8.23. The maximum atomic E-state index is 12.2. The number of carbonyl (C=O) groups is 1. The molecule has 24 heavy (non-hydrogen) atoms. The first-order valence-corrected chi connectivity index (χ1v) is 9.48. The molecule has 1 amide bonds. The molecule has 1 heterocycles. The van der Waals surface area contributed by atoms with Crippen LogP contribution in [0.15, 0.2) is 29.4 Å². The Morgan fingerprint density at radius 1 is 1.38 bits per heavy atom. The Balaban J connectivity index is 1.49. The number of halogens is 1. The maximum absolute atomic E-state index is 12.2. The fraction of sp³-hybridized carbons (Fsp3) is 0.471. The normalized spacial score (nSPS) is 16.2. The SMILES string of the molecule is C[C@@H](Sc1n[nH]c(C2CCCC2)n1)C(=O)NCc1ccc(Cl)cc1. The Labute approximate surface area is 151 Å². The number of hydrogen-bond acceptors (Lipinski definition) is 4. The number of benzene rings is 1. The quantitative estimate of drug-likeness (QED) is 0.762. The molecular formula is C17H21ClN4OS. The Kier molecular flexibility index (Phi) is 5.79. The van der Waals surface area contributed by atoms with Crippen LogP contribution in [0.1, 0.15) is 49.9 Å². The van der Waals surface area contributed by atoms with E-state index in [2.05, 4.69) is 20.5 Å². The largest absolute Gasteiger partial charge is 0.351 e. The van der Waals surface area contributed by atoms with Gasteiger partial charge < -0.3 is 5.32 Å². The van der Waals surface area contributed by atoms with E-state index in [-0.39, 0.29) is 11.2 Å². The van der Waals surface area contributed by atoms with E-state index in [1.807, 2.05) is 31.2 Å². The number of carbonyl (C=O) groups excluding carboxylic acids is 1. The van der Waals surface area contributed by atoms with Gasteiger partial charge in [0.05, 0.1) is 5.25 Å². The predicted octanol–water partition coefficient (Wildman–Crippen LogP) is 3.91. The number of aromatic amines is 1.